The topological polar surface area (TPSA) is 44.8 Å². The number of ether oxygens (including phenoxy) is 3. The van der Waals surface area contributed by atoms with Crippen molar-refractivity contribution in [3.63, 3.8) is 0 Å². The number of terminal acetylenes is 1. The molecule has 6 heteroatoms. The third-order valence-corrected chi connectivity index (χ3v) is 4.59. The van der Waals surface area contributed by atoms with Gasteiger partial charge in [-0.2, -0.15) is 0 Å². The summed E-state index contributed by atoms with van der Waals surface area (Å²) in [6, 6.07) is 11.6. The van der Waals surface area contributed by atoms with Gasteiger partial charge in [0.1, 0.15) is 6.61 Å². The smallest absolute Gasteiger partial charge is 0.331 e. The maximum Gasteiger partial charge on any atom is 0.331 e. The summed E-state index contributed by atoms with van der Waals surface area (Å²) < 4.78 is 18.1. The van der Waals surface area contributed by atoms with Crippen molar-refractivity contribution in [3.8, 4) is 23.8 Å². The summed E-state index contributed by atoms with van der Waals surface area (Å²) in [7, 11) is 1.58. The van der Waals surface area contributed by atoms with Crippen LogP contribution in [0.2, 0.25) is 0 Å². The van der Waals surface area contributed by atoms with Crippen LogP contribution in [-0.4, -0.2) is 19.7 Å². The van der Waals surface area contributed by atoms with Crippen molar-refractivity contribution in [1.29, 1.82) is 0 Å². The van der Waals surface area contributed by atoms with Crippen LogP contribution < -0.4 is 9.47 Å². The first-order chi connectivity index (χ1) is 12.5. The number of esters is 1. The summed E-state index contributed by atoms with van der Waals surface area (Å²) in [5.74, 6) is 3.00. The molecule has 0 fully saturated rings. The summed E-state index contributed by atoms with van der Waals surface area (Å²) in [5.41, 5.74) is 1.84. The first-order valence-electron chi connectivity index (χ1n) is 7.56. The molecule has 4 nitrogen and oxygen atoms in total. The van der Waals surface area contributed by atoms with Gasteiger partial charge in [0.15, 0.2) is 18.1 Å². The van der Waals surface area contributed by atoms with Crippen LogP contribution >= 0.6 is 38.5 Å². The van der Waals surface area contributed by atoms with Crippen molar-refractivity contribution in [2.45, 2.75) is 6.61 Å². The van der Waals surface area contributed by atoms with Crippen molar-refractivity contribution < 1.29 is 19.0 Å². The van der Waals surface area contributed by atoms with E-state index in [4.69, 9.17) is 20.6 Å². The van der Waals surface area contributed by atoms with Gasteiger partial charge < -0.3 is 14.2 Å². The lowest BCUT2D eigenvalue weighted by atomic mass is 10.2. The molecule has 2 aromatic carbocycles. The van der Waals surface area contributed by atoms with Crippen LogP contribution in [0.1, 0.15) is 11.1 Å². The first kappa shape index (κ1) is 20.3. The van der Waals surface area contributed by atoms with Crippen molar-refractivity contribution >= 4 is 50.6 Å². The van der Waals surface area contributed by atoms with Gasteiger partial charge in [0.25, 0.3) is 0 Å². The van der Waals surface area contributed by atoms with E-state index in [9.17, 15) is 4.79 Å². The summed E-state index contributed by atoms with van der Waals surface area (Å²) in [6.07, 6.45) is 8.02. The molecule has 0 aromatic heterocycles. The molecule has 2 rings (SSSR count). The highest BCUT2D eigenvalue weighted by atomic mass is 127. The molecule has 26 heavy (non-hydrogen) atoms. The van der Waals surface area contributed by atoms with E-state index in [0.29, 0.717) is 18.1 Å². The predicted molar refractivity (Wildman–Crippen MR) is 113 cm³/mol. The van der Waals surface area contributed by atoms with E-state index in [0.717, 1.165) is 19.2 Å². The van der Waals surface area contributed by atoms with Gasteiger partial charge in [0.2, 0.25) is 0 Å². The Labute approximate surface area is 174 Å². The maximum absolute atomic E-state index is 11.5. The fourth-order valence-corrected chi connectivity index (χ4v) is 3.08. The lowest BCUT2D eigenvalue weighted by molar-refractivity contribution is -0.136. The number of methoxy groups -OCH3 is 1. The van der Waals surface area contributed by atoms with Gasteiger partial charge in [0, 0.05) is 10.5 Å². The molecule has 0 saturated carbocycles. The fourth-order valence-electron chi connectivity index (χ4n) is 2.04. The second-order valence-corrected chi connectivity index (χ2v) is 7.17. The Kier molecular flexibility index (Phi) is 8.01. The number of halogens is 2. The second kappa shape index (κ2) is 10.2. The van der Waals surface area contributed by atoms with Gasteiger partial charge >= 0.3 is 5.97 Å². The molecule has 0 radical (unpaired) electrons. The highest BCUT2D eigenvalue weighted by Gasteiger charge is 2.11. The summed E-state index contributed by atoms with van der Waals surface area (Å²) in [6.45, 7) is 0.375. The van der Waals surface area contributed by atoms with Crippen LogP contribution in [0.4, 0.5) is 0 Å². The molecular weight excluding hydrogens is 511 g/mol. The molecule has 0 aliphatic heterocycles. The minimum atomic E-state index is -0.493. The SMILES string of the molecule is C#CCOC(=O)/C=C/c1cc(I)c(OCc2ccc(Br)cc2)c(OC)c1. The van der Waals surface area contributed by atoms with Gasteiger partial charge in [-0.05, 0) is 64.1 Å². The monoisotopic (exact) mass is 526 g/mol. The molecule has 0 bridgehead atoms. The van der Waals surface area contributed by atoms with Crippen LogP contribution in [-0.2, 0) is 16.1 Å². The Morgan fingerprint density at radius 3 is 2.69 bits per heavy atom. The van der Waals surface area contributed by atoms with Gasteiger partial charge in [0.05, 0.1) is 10.7 Å². The average molecular weight is 527 g/mol. The van der Waals surface area contributed by atoms with E-state index in [-0.39, 0.29) is 6.61 Å². The quantitative estimate of drug-likeness (QED) is 0.224. The van der Waals surface area contributed by atoms with Crippen molar-refractivity contribution in [2.75, 3.05) is 13.7 Å². The molecule has 0 aliphatic rings. The highest BCUT2D eigenvalue weighted by molar-refractivity contribution is 14.1. The largest absolute Gasteiger partial charge is 0.493 e. The third-order valence-electron chi connectivity index (χ3n) is 3.26. The van der Waals surface area contributed by atoms with Crippen LogP contribution in [0.5, 0.6) is 11.5 Å². The molecular formula is C20H16BrIO4. The Morgan fingerprint density at radius 1 is 1.31 bits per heavy atom. The number of hydrogen-bond donors (Lipinski definition) is 0. The maximum atomic E-state index is 11.5. The van der Waals surface area contributed by atoms with Crippen molar-refractivity contribution in [3.05, 3.63) is 61.6 Å². The molecule has 134 valence electrons. The molecule has 0 amide bonds. The van der Waals surface area contributed by atoms with E-state index in [1.807, 2.05) is 30.3 Å². The van der Waals surface area contributed by atoms with Crippen molar-refractivity contribution in [2.24, 2.45) is 0 Å². The Morgan fingerprint density at radius 2 is 2.04 bits per heavy atom. The molecule has 0 spiro atoms. The van der Waals surface area contributed by atoms with Crippen LogP contribution in [0.15, 0.2) is 46.9 Å². The molecule has 2 aromatic rings. The van der Waals surface area contributed by atoms with E-state index in [1.54, 1.807) is 19.3 Å². The Bertz CT molecular complexity index is 838. The van der Waals surface area contributed by atoms with Gasteiger partial charge in [-0.15, -0.1) is 6.42 Å². The molecule has 0 atom stereocenters. The Balaban J connectivity index is 2.13. The van der Waals surface area contributed by atoms with Gasteiger partial charge in [-0.3, -0.25) is 0 Å². The van der Waals surface area contributed by atoms with Crippen LogP contribution in [0.25, 0.3) is 6.08 Å². The van der Waals surface area contributed by atoms with E-state index in [2.05, 4.69) is 44.4 Å². The number of rotatable bonds is 7. The van der Waals surface area contributed by atoms with Crippen molar-refractivity contribution in [1.82, 2.24) is 0 Å². The zero-order chi connectivity index (χ0) is 18.9. The lowest BCUT2D eigenvalue weighted by Gasteiger charge is -2.14. The summed E-state index contributed by atoms with van der Waals surface area (Å²) in [4.78, 5) is 11.5. The normalized spacial score (nSPS) is 10.4. The molecule has 0 N–H and O–H groups in total. The zero-order valence-electron chi connectivity index (χ0n) is 14.0. The first-order valence-corrected chi connectivity index (χ1v) is 9.43. The van der Waals surface area contributed by atoms with E-state index in [1.165, 1.54) is 6.08 Å². The van der Waals surface area contributed by atoms with Crippen LogP contribution in [0, 0.1) is 15.9 Å². The fraction of sp³-hybridized carbons (Fsp3) is 0.150. The molecule has 0 aliphatic carbocycles. The minimum Gasteiger partial charge on any atom is -0.493 e. The standard InChI is InChI=1S/C20H16BrIO4/c1-3-10-25-19(23)9-6-15-11-17(22)20(18(12-15)24-2)26-13-14-4-7-16(21)8-5-14/h1,4-9,11-12H,10,13H2,2H3/b9-6+. The summed E-state index contributed by atoms with van der Waals surface area (Å²) >= 11 is 5.59. The average Bonchev–Trinajstić information content (AvgIpc) is 2.64. The molecule has 0 saturated heterocycles. The van der Waals surface area contributed by atoms with Gasteiger partial charge in [-0.25, -0.2) is 4.79 Å². The van der Waals surface area contributed by atoms with Crippen LogP contribution in [0.3, 0.4) is 0 Å². The van der Waals surface area contributed by atoms with E-state index < -0.39 is 5.97 Å². The van der Waals surface area contributed by atoms with Gasteiger partial charge in [-0.1, -0.05) is 34.0 Å². The molecule has 0 unspecified atom stereocenters. The number of benzene rings is 2. The highest BCUT2D eigenvalue weighted by Crippen LogP contribution is 2.35. The predicted octanol–water partition coefficient (Wildman–Crippen LogP) is 4.83. The molecule has 0 heterocycles. The summed E-state index contributed by atoms with van der Waals surface area (Å²) in [5, 5.41) is 0. The zero-order valence-corrected chi connectivity index (χ0v) is 17.7. The minimum absolute atomic E-state index is 0.0487. The lowest BCUT2D eigenvalue weighted by Crippen LogP contribution is -2.01. The third kappa shape index (κ3) is 6.07. The van der Waals surface area contributed by atoms with E-state index >= 15 is 0 Å². The number of carbonyl (C=O) groups excluding carboxylic acids is 1. The number of carbonyl (C=O) groups is 1. The number of hydrogen-bond acceptors (Lipinski definition) is 4. The Hall–Kier alpha value is -1.98. The second-order valence-electron chi connectivity index (χ2n) is 5.09.